The Bertz CT molecular complexity index is 412. The first-order chi connectivity index (χ1) is 7.69. The van der Waals surface area contributed by atoms with Crippen molar-refractivity contribution in [3.05, 3.63) is 29.8 Å². The summed E-state index contributed by atoms with van der Waals surface area (Å²) in [4.78, 5) is 12.8. The number of benzene rings is 1. The van der Waals surface area contributed by atoms with Crippen molar-refractivity contribution in [2.75, 3.05) is 12.8 Å². The Morgan fingerprint density at radius 1 is 1.56 bits per heavy atom. The van der Waals surface area contributed by atoms with Gasteiger partial charge in [-0.15, -0.1) is 11.8 Å². The number of nitriles is 1. The molecular weight excluding hydrogens is 220 g/mol. The van der Waals surface area contributed by atoms with Gasteiger partial charge in [-0.05, 0) is 25.3 Å². The fourth-order valence-electron chi connectivity index (χ4n) is 1.22. The summed E-state index contributed by atoms with van der Waals surface area (Å²) in [6.07, 6.45) is 1.93. The lowest BCUT2D eigenvalue weighted by atomic mass is 10.2. The summed E-state index contributed by atoms with van der Waals surface area (Å²) in [5.41, 5.74) is 0.667. The van der Waals surface area contributed by atoms with Gasteiger partial charge in [0.05, 0.1) is 17.6 Å². The summed E-state index contributed by atoms with van der Waals surface area (Å²) in [6.45, 7) is 2.17. The number of nitrogens with one attached hydrogen (secondary N) is 1. The van der Waals surface area contributed by atoms with Crippen LogP contribution in [0, 0.1) is 17.2 Å². The normalized spacial score (nSPS) is 11.6. The van der Waals surface area contributed by atoms with Crippen LogP contribution in [0.15, 0.2) is 29.2 Å². The van der Waals surface area contributed by atoms with Crippen molar-refractivity contribution in [1.29, 1.82) is 5.26 Å². The van der Waals surface area contributed by atoms with Crippen molar-refractivity contribution in [3.63, 3.8) is 0 Å². The third-order valence-corrected chi connectivity index (χ3v) is 2.94. The van der Waals surface area contributed by atoms with E-state index >= 15 is 0 Å². The molecule has 0 aliphatic heterocycles. The summed E-state index contributed by atoms with van der Waals surface area (Å²) < 4.78 is 0. The molecule has 0 aliphatic rings. The minimum Gasteiger partial charge on any atom is -0.351 e. The molecule has 4 heteroatoms. The van der Waals surface area contributed by atoms with Gasteiger partial charge < -0.3 is 5.32 Å². The van der Waals surface area contributed by atoms with E-state index in [-0.39, 0.29) is 11.8 Å². The molecule has 1 aromatic carbocycles. The topological polar surface area (TPSA) is 52.9 Å². The van der Waals surface area contributed by atoms with Gasteiger partial charge in [-0.25, -0.2) is 0 Å². The van der Waals surface area contributed by atoms with Crippen molar-refractivity contribution in [2.24, 2.45) is 5.92 Å². The molecule has 0 fully saturated rings. The van der Waals surface area contributed by atoms with Crippen LogP contribution in [0.1, 0.15) is 17.3 Å². The number of carbonyl (C=O) groups is 1. The van der Waals surface area contributed by atoms with Gasteiger partial charge in [0.2, 0.25) is 0 Å². The lowest BCUT2D eigenvalue weighted by Gasteiger charge is -2.08. The predicted molar refractivity (Wildman–Crippen MR) is 65.3 cm³/mol. The molecule has 3 nitrogen and oxygen atoms in total. The molecule has 84 valence electrons. The Morgan fingerprint density at radius 2 is 2.25 bits per heavy atom. The summed E-state index contributed by atoms with van der Waals surface area (Å²) in [6, 6.07) is 9.52. The standard InChI is InChI=1S/C12H14N2OS/c1-9(7-13)8-14-12(15)10-5-3-4-6-11(10)16-2/h3-6,9H,8H2,1-2H3,(H,14,15). The SMILES string of the molecule is CSc1ccccc1C(=O)NCC(C)C#N. The van der Waals surface area contributed by atoms with E-state index in [1.807, 2.05) is 24.5 Å². The summed E-state index contributed by atoms with van der Waals surface area (Å²) in [7, 11) is 0. The van der Waals surface area contributed by atoms with E-state index in [2.05, 4.69) is 11.4 Å². The quantitative estimate of drug-likeness (QED) is 0.813. The number of rotatable bonds is 4. The van der Waals surface area contributed by atoms with E-state index in [1.54, 1.807) is 13.0 Å². The fourth-order valence-corrected chi connectivity index (χ4v) is 1.81. The van der Waals surface area contributed by atoms with Crippen LogP contribution in [0.2, 0.25) is 0 Å². The predicted octanol–water partition coefficient (Wildman–Crippen LogP) is 2.30. The second-order valence-electron chi connectivity index (χ2n) is 3.44. The van der Waals surface area contributed by atoms with Crippen LogP contribution in [-0.2, 0) is 0 Å². The highest BCUT2D eigenvalue weighted by atomic mass is 32.2. The van der Waals surface area contributed by atoms with Crippen LogP contribution in [-0.4, -0.2) is 18.7 Å². The zero-order valence-corrected chi connectivity index (χ0v) is 10.2. The highest BCUT2D eigenvalue weighted by Crippen LogP contribution is 2.19. The van der Waals surface area contributed by atoms with Gasteiger partial charge in [0.15, 0.2) is 0 Å². The number of nitrogens with zero attached hydrogens (tertiary/aromatic N) is 1. The Balaban J connectivity index is 2.70. The molecule has 1 amide bonds. The number of hydrogen-bond acceptors (Lipinski definition) is 3. The van der Waals surface area contributed by atoms with Crippen molar-refractivity contribution in [3.8, 4) is 6.07 Å². The average molecular weight is 234 g/mol. The maximum atomic E-state index is 11.8. The second kappa shape index (κ2) is 6.19. The minimum absolute atomic E-state index is 0.118. The first-order valence-corrected chi connectivity index (χ1v) is 6.22. The molecule has 0 aromatic heterocycles. The first-order valence-electron chi connectivity index (χ1n) is 5.00. The Morgan fingerprint density at radius 3 is 2.88 bits per heavy atom. The largest absolute Gasteiger partial charge is 0.351 e. The van der Waals surface area contributed by atoms with Gasteiger partial charge in [-0.1, -0.05) is 12.1 Å². The highest BCUT2D eigenvalue weighted by molar-refractivity contribution is 7.98. The number of amides is 1. The van der Waals surface area contributed by atoms with Crippen LogP contribution >= 0.6 is 11.8 Å². The van der Waals surface area contributed by atoms with Gasteiger partial charge in [0.25, 0.3) is 5.91 Å². The third kappa shape index (κ3) is 3.28. The van der Waals surface area contributed by atoms with E-state index in [0.717, 1.165) is 4.90 Å². The lowest BCUT2D eigenvalue weighted by molar-refractivity contribution is 0.0948. The molecule has 16 heavy (non-hydrogen) atoms. The van der Waals surface area contributed by atoms with Crippen LogP contribution < -0.4 is 5.32 Å². The van der Waals surface area contributed by atoms with Crippen LogP contribution in [0.5, 0.6) is 0 Å². The molecule has 0 spiro atoms. The van der Waals surface area contributed by atoms with E-state index in [4.69, 9.17) is 5.26 Å². The van der Waals surface area contributed by atoms with Crippen molar-refractivity contribution >= 4 is 17.7 Å². The zero-order valence-electron chi connectivity index (χ0n) is 9.36. The van der Waals surface area contributed by atoms with Gasteiger partial charge in [0, 0.05) is 11.4 Å². The van der Waals surface area contributed by atoms with Crippen molar-refractivity contribution < 1.29 is 4.79 Å². The smallest absolute Gasteiger partial charge is 0.252 e. The van der Waals surface area contributed by atoms with E-state index < -0.39 is 0 Å². The monoisotopic (exact) mass is 234 g/mol. The summed E-state index contributed by atoms with van der Waals surface area (Å²) in [5, 5.41) is 11.4. The highest BCUT2D eigenvalue weighted by Gasteiger charge is 2.10. The van der Waals surface area contributed by atoms with Gasteiger partial charge >= 0.3 is 0 Å². The van der Waals surface area contributed by atoms with Crippen LogP contribution in [0.4, 0.5) is 0 Å². The molecule has 1 aromatic rings. The van der Waals surface area contributed by atoms with Crippen LogP contribution in [0.25, 0.3) is 0 Å². The molecule has 1 unspecified atom stereocenters. The van der Waals surface area contributed by atoms with E-state index in [0.29, 0.717) is 12.1 Å². The van der Waals surface area contributed by atoms with E-state index in [1.165, 1.54) is 11.8 Å². The molecule has 0 saturated heterocycles. The molecule has 1 rings (SSSR count). The molecule has 0 radical (unpaired) electrons. The Labute approximate surface area is 99.8 Å². The van der Waals surface area contributed by atoms with Gasteiger partial charge in [0.1, 0.15) is 0 Å². The molecule has 0 aliphatic carbocycles. The zero-order chi connectivity index (χ0) is 12.0. The fraction of sp³-hybridized carbons (Fsp3) is 0.333. The van der Waals surface area contributed by atoms with Crippen molar-refractivity contribution in [1.82, 2.24) is 5.32 Å². The molecule has 1 atom stereocenters. The molecule has 0 saturated carbocycles. The van der Waals surface area contributed by atoms with Gasteiger partial charge in [-0.3, -0.25) is 4.79 Å². The Hall–Kier alpha value is -1.47. The maximum Gasteiger partial charge on any atom is 0.252 e. The number of thioether (sulfide) groups is 1. The van der Waals surface area contributed by atoms with Crippen LogP contribution in [0.3, 0.4) is 0 Å². The minimum atomic E-state index is -0.162. The lowest BCUT2D eigenvalue weighted by Crippen LogP contribution is -2.28. The number of hydrogen-bond donors (Lipinski definition) is 1. The molecular formula is C12H14N2OS. The second-order valence-corrected chi connectivity index (χ2v) is 4.29. The molecule has 1 N–H and O–H groups in total. The Kier molecular flexibility index (Phi) is 4.87. The average Bonchev–Trinajstić information content (AvgIpc) is 2.35. The third-order valence-electron chi connectivity index (χ3n) is 2.14. The maximum absolute atomic E-state index is 11.8. The first kappa shape index (κ1) is 12.6. The molecule has 0 heterocycles. The van der Waals surface area contributed by atoms with E-state index in [9.17, 15) is 4.79 Å². The van der Waals surface area contributed by atoms with Gasteiger partial charge in [-0.2, -0.15) is 5.26 Å². The summed E-state index contributed by atoms with van der Waals surface area (Å²) in [5.74, 6) is -0.280. The summed E-state index contributed by atoms with van der Waals surface area (Å²) >= 11 is 1.54. The van der Waals surface area contributed by atoms with Crippen molar-refractivity contribution in [2.45, 2.75) is 11.8 Å². The number of carbonyl (C=O) groups excluding carboxylic acids is 1. The molecule has 0 bridgehead atoms.